The maximum absolute atomic E-state index is 11.7. The fourth-order valence-electron chi connectivity index (χ4n) is 1.33. The highest BCUT2D eigenvalue weighted by molar-refractivity contribution is 5.95. The van der Waals surface area contributed by atoms with Crippen molar-refractivity contribution < 1.29 is 9.53 Å². The average molecular weight is 244 g/mol. The van der Waals surface area contributed by atoms with Gasteiger partial charge in [-0.2, -0.15) is 0 Å². The van der Waals surface area contributed by atoms with Gasteiger partial charge in [-0.1, -0.05) is 6.58 Å². The molecule has 0 aromatic carbocycles. The van der Waals surface area contributed by atoms with Crippen molar-refractivity contribution in [3.63, 3.8) is 0 Å². The van der Waals surface area contributed by atoms with E-state index in [0.717, 1.165) is 0 Å². The van der Waals surface area contributed by atoms with E-state index in [1.807, 2.05) is 6.92 Å². The molecule has 0 amide bonds. The number of hydrogen-bond acceptors (Lipinski definition) is 4. The van der Waals surface area contributed by atoms with Gasteiger partial charge < -0.3 is 4.74 Å². The Morgan fingerprint density at radius 1 is 1.61 bits per heavy atom. The zero-order valence-electron chi connectivity index (χ0n) is 10.6. The highest BCUT2D eigenvalue weighted by Crippen LogP contribution is 2.17. The molecule has 0 atom stereocenters. The molecule has 0 fully saturated rings. The summed E-state index contributed by atoms with van der Waals surface area (Å²) in [7, 11) is 0. The quantitative estimate of drug-likeness (QED) is 0.454. The van der Waals surface area contributed by atoms with Crippen LogP contribution in [0.2, 0.25) is 0 Å². The normalized spacial score (nSPS) is 11.0. The maximum Gasteiger partial charge on any atom is 0.340 e. The monoisotopic (exact) mass is 244 g/mol. The van der Waals surface area contributed by atoms with Gasteiger partial charge in [0, 0.05) is 18.6 Å². The SMILES string of the molecule is C=C(/C=C\N=CC)c1ncccc1C(=O)OCC. The van der Waals surface area contributed by atoms with Gasteiger partial charge in [0.1, 0.15) is 0 Å². The first kappa shape index (κ1) is 13.8. The van der Waals surface area contributed by atoms with E-state index in [1.54, 1.807) is 43.7 Å². The molecule has 0 spiro atoms. The van der Waals surface area contributed by atoms with E-state index in [2.05, 4.69) is 16.6 Å². The molecule has 1 aromatic heterocycles. The van der Waals surface area contributed by atoms with Crippen molar-refractivity contribution in [2.45, 2.75) is 13.8 Å². The minimum atomic E-state index is -0.394. The fourth-order valence-corrected chi connectivity index (χ4v) is 1.33. The van der Waals surface area contributed by atoms with Crippen LogP contribution in [0.1, 0.15) is 29.9 Å². The number of ether oxygens (including phenoxy) is 1. The molecule has 0 radical (unpaired) electrons. The molecule has 0 aliphatic carbocycles. The van der Waals surface area contributed by atoms with Gasteiger partial charge in [-0.3, -0.25) is 9.98 Å². The highest BCUT2D eigenvalue weighted by atomic mass is 16.5. The predicted octanol–water partition coefficient (Wildman–Crippen LogP) is 2.88. The number of esters is 1. The number of pyridine rings is 1. The van der Waals surface area contributed by atoms with Crippen molar-refractivity contribution in [2.24, 2.45) is 4.99 Å². The summed E-state index contributed by atoms with van der Waals surface area (Å²) < 4.78 is 4.97. The summed E-state index contributed by atoms with van der Waals surface area (Å²) in [5, 5.41) is 0. The van der Waals surface area contributed by atoms with Crippen LogP contribution in [0.4, 0.5) is 0 Å². The molecule has 4 nitrogen and oxygen atoms in total. The Kier molecular flexibility index (Phi) is 5.51. The third kappa shape index (κ3) is 3.66. The lowest BCUT2D eigenvalue weighted by atomic mass is 10.1. The molecule has 18 heavy (non-hydrogen) atoms. The average Bonchev–Trinajstić information content (AvgIpc) is 2.39. The number of hydrogen-bond donors (Lipinski definition) is 0. The fraction of sp³-hybridized carbons (Fsp3) is 0.214. The molecule has 0 bridgehead atoms. The molecule has 0 saturated heterocycles. The van der Waals surface area contributed by atoms with E-state index in [1.165, 1.54) is 0 Å². The molecule has 0 saturated carbocycles. The van der Waals surface area contributed by atoms with Crippen molar-refractivity contribution in [1.82, 2.24) is 4.98 Å². The van der Waals surface area contributed by atoms with E-state index in [4.69, 9.17) is 4.74 Å². The molecule has 0 unspecified atom stereocenters. The summed E-state index contributed by atoms with van der Waals surface area (Å²) in [5.41, 5.74) is 1.54. The molecule has 4 heteroatoms. The maximum atomic E-state index is 11.7. The molecular formula is C14H16N2O2. The van der Waals surface area contributed by atoms with Gasteiger partial charge in [0.05, 0.1) is 17.9 Å². The number of aromatic nitrogens is 1. The first-order valence-electron chi connectivity index (χ1n) is 5.66. The topological polar surface area (TPSA) is 51.5 Å². The summed E-state index contributed by atoms with van der Waals surface area (Å²) in [5.74, 6) is -0.394. The number of nitrogens with zero attached hydrogens (tertiary/aromatic N) is 2. The van der Waals surface area contributed by atoms with E-state index < -0.39 is 5.97 Å². The lowest BCUT2D eigenvalue weighted by Gasteiger charge is -2.07. The van der Waals surface area contributed by atoms with E-state index >= 15 is 0 Å². The second-order valence-corrected chi connectivity index (χ2v) is 3.37. The molecule has 94 valence electrons. The van der Waals surface area contributed by atoms with Gasteiger partial charge in [0.2, 0.25) is 0 Å². The van der Waals surface area contributed by atoms with Crippen molar-refractivity contribution >= 4 is 17.8 Å². The minimum absolute atomic E-state index is 0.329. The van der Waals surface area contributed by atoms with Gasteiger partial charge in [-0.05, 0) is 37.6 Å². The lowest BCUT2D eigenvalue weighted by molar-refractivity contribution is 0.0525. The Balaban J connectivity index is 3.01. The number of aliphatic imine (C=N–C) groups is 1. The summed E-state index contributed by atoms with van der Waals surface area (Å²) in [6.07, 6.45) is 6.58. The smallest absolute Gasteiger partial charge is 0.340 e. The molecule has 1 aromatic rings. The minimum Gasteiger partial charge on any atom is -0.462 e. The van der Waals surface area contributed by atoms with Crippen LogP contribution in [0.15, 0.2) is 42.2 Å². The second-order valence-electron chi connectivity index (χ2n) is 3.37. The number of carbonyl (C=O) groups is 1. The third-order valence-electron chi connectivity index (χ3n) is 2.12. The van der Waals surface area contributed by atoms with Gasteiger partial charge in [0.15, 0.2) is 0 Å². The van der Waals surface area contributed by atoms with Crippen LogP contribution in [0.3, 0.4) is 0 Å². The van der Waals surface area contributed by atoms with Crippen LogP contribution >= 0.6 is 0 Å². The predicted molar refractivity (Wildman–Crippen MR) is 72.5 cm³/mol. The lowest BCUT2D eigenvalue weighted by Crippen LogP contribution is -2.08. The van der Waals surface area contributed by atoms with Crippen molar-refractivity contribution in [2.75, 3.05) is 6.61 Å². The Morgan fingerprint density at radius 2 is 2.39 bits per heavy atom. The molecule has 0 N–H and O–H groups in total. The van der Waals surface area contributed by atoms with Gasteiger partial charge in [0.25, 0.3) is 0 Å². The summed E-state index contributed by atoms with van der Waals surface area (Å²) >= 11 is 0. The zero-order valence-corrected chi connectivity index (χ0v) is 10.6. The van der Waals surface area contributed by atoms with Crippen LogP contribution in [-0.2, 0) is 4.74 Å². The van der Waals surface area contributed by atoms with Gasteiger partial charge in [-0.15, -0.1) is 0 Å². The molecular weight excluding hydrogens is 228 g/mol. The van der Waals surface area contributed by atoms with Crippen LogP contribution in [-0.4, -0.2) is 23.8 Å². The molecule has 0 aliphatic rings. The summed E-state index contributed by atoms with van der Waals surface area (Å²) in [4.78, 5) is 19.8. The van der Waals surface area contributed by atoms with Crippen molar-refractivity contribution in [1.29, 1.82) is 0 Å². The van der Waals surface area contributed by atoms with Gasteiger partial charge >= 0.3 is 5.97 Å². The Labute approximate surface area is 107 Å². The molecule has 0 aliphatic heterocycles. The first-order valence-corrected chi connectivity index (χ1v) is 5.66. The summed E-state index contributed by atoms with van der Waals surface area (Å²) in [6, 6.07) is 3.36. The Bertz CT molecular complexity index is 490. The zero-order chi connectivity index (χ0) is 13.4. The first-order chi connectivity index (χ1) is 8.70. The summed E-state index contributed by atoms with van der Waals surface area (Å²) in [6.45, 7) is 7.78. The van der Waals surface area contributed by atoms with E-state index in [0.29, 0.717) is 23.4 Å². The van der Waals surface area contributed by atoms with Crippen LogP contribution in [0.5, 0.6) is 0 Å². The van der Waals surface area contributed by atoms with Crippen LogP contribution in [0.25, 0.3) is 5.57 Å². The molecule has 1 rings (SSSR count). The number of allylic oxidation sites excluding steroid dienone is 2. The Hall–Kier alpha value is -2.23. The van der Waals surface area contributed by atoms with E-state index in [9.17, 15) is 4.79 Å². The van der Waals surface area contributed by atoms with Crippen LogP contribution < -0.4 is 0 Å². The number of rotatable bonds is 5. The largest absolute Gasteiger partial charge is 0.462 e. The van der Waals surface area contributed by atoms with Crippen LogP contribution in [0, 0.1) is 0 Å². The standard InChI is InChI=1S/C14H16N2O2/c1-4-15-10-8-11(3)13-12(7-6-9-16-13)14(17)18-5-2/h4,6-10H,3,5H2,1-2H3/b10-8-,15-4?. The Morgan fingerprint density at radius 3 is 3.06 bits per heavy atom. The number of carbonyl (C=O) groups excluding carboxylic acids is 1. The van der Waals surface area contributed by atoms with Gasteiger partial charge in [-0.25, -0.2) is 4.79 Å². The second kappa shape index (κ2) is 7.17. The van der Waals surface area contributed by atoms with Crippen molar-refractivity contribution in [3.05, 3.63) is 48.4 Å². The molecule has 1 heterocycles. The van der Waals surface area contributed by atoms with E-state index in [-0.39, 0.29) is 0 Å². The highest BCUT2D eigenvalue weighted by Gasteiger charge is 2.13. The van der Waals surface area contributed by atoms with Crippen molar-refractivity contribution in [3.8, 4) is 0 Å². The third-order valence-corrected chi connectivity index (χ3v) is 2.12.